The summed E-state index contributed by atoms with van der Waals surface area (Å²) >= 11 is 0. The van der Waals surface area contributed by atoms with Gasteiger partial charge in [0.15, 0.2) is 0 Å². The van der Waals surface area contributed by atoms with Gasteiger partial charge in [0.2, 0.25) is 11.6 Å². The Labute approximate surface area is 118 Å². The number of hydrogen-bond acceptors (Lipinski definition) is 6. The van der Waals surface area contributed by atoms with Crippen LogP contribution in [0.4, 0.5) is 0 Å². The maximum absolute atomic E-state index is 10.4. The van der Waals surface area contributed by atoms with Gasteiger partial charge in [-0.25, -0.2) is 0 Å². The number of methoxy groups -OCH3 is 1. The van der Waals surface area contributed by atoms with Crippen molar-refractivity contribution in [2.45, 2.75) is 51.0 Å². The van der Waals surface area contributed by atoms with Gasteiger partial charge in [-0.15, -0.1) is 0 Å². The third kappa shape index (κ3) is 2.31. The van der Waals surface area contributed by atoms with Crippen molar-refractivity contribution >= 4 is 6.29 Å². The topological polar surface area (TPSA) is 74.2 Å². The van der Waals surface area contributed by atoms with Gasteiger partial charge in [0, 0.05) is 13.0 Å². The van der Waals surface area contributed by atoms with Crippen LogP contribution in [0.5, 0.6) is 0 Å². The van der Waals surface area contributed by atoms with Crippen LogP contribution in [-0.2, 0) is 24.0 Å². The molecule has 2 bridgehead atoms. The van der Waals surface area contributed by atoms with Crippen molar-refractivity contribution in [2.75, 3.05) is 7.11 Å². The minimum Gasteiger partial charge on any atom is -0.384 e. The van der Waals surface area contributed by atoms with Gasteiger partial charge >= 0.3 is 0 Å². The second-order valence-electron chi connectivity index (χ2n) is 5.74. The molecular formula is C14H22O6. The molecule has 0 radical (unpaired) electrons. The van der Waals surface area contributed by atoms with Gasteiger partial charge in [-0.2, -0.15) is 9.78 Å². The van der Waals surface area contributed by atoms with Crippen LogP contribution in [0.2, 0.25) is 0 Å². The number of ether oxygens (including phenoxy) is 2. The average molecular weight is 286 g/mol. The Bertz CT molecular complexity index is 397. The molecule has 0 aromatic rings. The summed E-state index contributed by atoms with van der Waals surface area (Å²) in [5.41, 5.74) is 0. The summed E-state index contributed by atoms with van der Waals surface area (Å²) in [5.74, 6) is -2.24. The van der Waals surface area contributed by atoms with Crippen LogP contribution in [0.1, 0.15) is 27.2 Å². The smallest absolute Gasteiger partial charge is 0.236 e. The molecule has 2 unspecified atom stereocenters. The molecule has 114 valence electrons. The highest BCUT2D eigenvalue weighted by atomic mass is 17.3. The zero-order chi connectivity index (χ0) is 15.0. The lowest BCUT2D eigenvalue weighted by Crippen LogP contribution is -2.54. The zero-order valence-electron chi connectivity index (χ0n) is 12.2. The molecule has 2 aliphatic rings. The molecule has 0 aromatic heterocycles. The van der Waals surface area contributed by atoms with Crippen molar-refractivity contribution in [3.8, 4) is 0 Å². The molecule has 2 rings (SSSR count). The van der Waals surface area contributed by atoms with E-state index in [0.29, 0.717) is 6.42 Å². The molecule has 0 aromatic carbocycles. The van der Waals surface area contributed by atoms with E-state index in [1.54, 1.807) is 6.92 Å². The van der Waals surface area contributed by atoms with Gasteiger partial charge in [-0.3, -0.25) is 4.79 Å². The molecule has 0 aliphatic carbocycles. The maximum Gasteiger partial charge on any atom is 0.236 e. The number of carbonyl (C=O) groups is 1. The fourth-order valence-corrected chi connectivity index (χ4v) is 3.00. The van der Waals surface area contributed by atoms with E-state index in [1.165, 1.54) is 13.2 Å². The molecule has 20 heavy (non-hydrogen) atoms. The van der Waals surface area contributed by atoms with Crippen molar-refractivity contribution in [1.29, 1.82) is 0 Å². The van der Waals surface area contributed by atoms with E-state index < -0.39 is 23.8 Å². The average Bonchev–Trinajstić information content (AvgIpc) is 2.87. The molecule has 1 N–H and O–H groups in total. The molecule has 0 saturated carbocycles. The van der Waals surface area contributed by atoms with Crippen LogP contribution >= 0.6 is 0 Å². The molecule has 2 heterocycles. The summed E-state index contributed by atoms with van der Waals surface area (Å²) in [5, 5.41) is 10.2. The second kappa shape index (κ2) is 5.54. The van der Waals surface area contributed by atoms with E-state index in [4.69, 9.17) is 19.2 Å². The normalized spacial score (nSPS) is 43.0. The predicted octanol–water partition coefficient (Wildman–Crippen LogP) is 1.18. The van der Waals surface area contributed by atoms with E-state index in [1.807, 2.05) is 19.9 Å². The van der Waals surface area contributed by atoms with Gasteiger partial charge in [-0.1, -0.05) is 19.9 Å². The third-order valence-electron chi connectivity index (χ3n) is 4.10. The molecule has 6 nitrogen and oxygen atoms in total. The first-order valence-corrected chi connectivity index (χ1v) is 6.79. The Morgan fingerprint density at radius 1 is 1.40 bits per heavy atom. The molecule has 2 aliphatic heterocycles. The predicted molar refractivity (Wildman–Crippen MR) is 69.3 cm³/mol. The van der Waals surface area contributed by atoms with Crippen molar-refractivity contribution in [2.24, 2.45) is 11.8 Å². The summed E-state index contributed by atoms with van der Waals surface area (Å²) < 4.78 is 11.2. The van der Waals surface area contributed by atoms with Crippen molar-refractivity contribution in [1.82, 2.24) is 0 Å². The van der Waals surface area contributed by atoms with Crippen molar-refractivity contribution in [3.63, 3.8) is 0 Å². The van der Waals surface area contributed by atoms with Gasteiger partial charge < -0.3 is 14.6 Å². The lowest BCUT2D eigenvalue weighted by atomic mass is 9.86. The number of fused-ring (bicyclic) bond motifs is 2. The van der Waals surface area contributed by atoms with Crippen LogP contribution in [0.3, 0.4) is 0 Å². The number of aldehydes is 1. The van der Waals surface area contributed by atoms with Crippen LogP contribution in [0, 0.1) is 11.8 Å². The van der Waals surface area contributed by atoms with E-state index in [0.717, 1.165) is 6.29 Å². The van der Waals surface area contributed by atoms with E-state index in [2.05, 4.69) is 0 Å². The number of aliphatic hydroxyl groups excluding tert-OH is 1. The first-order chi connectivity index (χ1) is 9.39. The molecule has 2 fully saturated rings. The zero-order valence-corrected chi connectivity index (χ0v) is 12.2. The SMILES string of the molecule is CO[C@@H]1[C@H](O)C2(C)OOC1([C@H](C)C[C@H](C)C=CC=O)O2. The van der Waals surface area contributed by atoms with E-state index in [9.17, 15) is 9.90 Å². The number of aliphatic hydroxyl groups is 1. The number of carbonyl (C=O) groups excluding carboxylic acids is 1. The number of rotatable bonds is 6. The second-order valence-corrected chi connectivity index (χ2v) is 5.74. The maximum atomic E-state index is 10.4. The summed E-state index contributed by atoms with van der Waals surface area (Å²) in [6.45, 7) is 5.57. The first-order valence-electron chi connectivity index (χ1n) is 6.79. The van der Waals surface area contributed by atoms with Crippen LogP contribution in [-0.4, -0.2) is 42.3 Å². The lowest BCUT2D eigenvalue weighted by molar-refractivity contribution is -0.419. The Balaban J connectivity index is 2.13. The Morgan fingerprint density at radius 3 is 2.70 bits per heavy atom. The molecular weight excluding hydrogens is 264 g/mol. The van der Waals surface area contributed by atoms with E-state index >= 15 is 0 Å². The molecule has 6 heteroatoms. The Kier molecular flexibility index (Phi) is 4.32. The molecule has 0 spiro atoms. The Morgan fingerprint density at radius 2 is 2.10 bits per heavy atom. The summed E-state index contributed by atoms with van der Waals surface area (Å²) in [6.07, 6.45) is 3.23. The number of hydrogen-bond donors (Lipinski definition) is 1. The molecule has 2 saturated heterocycles. The molecule has 6 atom stereocenters. The minimum absolute atomic E-state index is 0.0854. The summed E-state index contributed by atoms with van der Waals surface area (Å²) in [4.78, 5) is 20.9. The van der Waals surface area contributed by atoms with Gasteiger partial charge in [0.1, 0.15) is 18.5 Å². The monoisotopic (exact) mass is 286 g/mol. The van der Waals surface area contributed by atoms with Gasteiger partial charge in [0.05, 0.1) is 0 Å². The summed E-state index contributed by atoms with van der Waals surface area (Å²) in [7, 11) is 1.51. The summed E-state index contributed by atoms with van der Waals surface area (Å²) in [6, 6.07) is 0. The van der Waals surface area contributed by atoms with E-state index in [-0.39, 0.29) is 11.8 Å². The van der Waals surface area contributed by atoms with Crippen molar-refractivity contribution in [3.05, 3.63) is 12.2 Å². The fraction of sp³-hybridized carbons (Fsp3) is 0.786. The highest BCUT2D eigenvalue weighted by molar-refractivity contribution is 5.64. The third-order valence-corrected chi connectivity index (χ3v) is 4.10. The van der Waals surface area contributed by atoms with Gasteiger partial charge in [0.25, 0.3) is 0 Å². The minimum atomic E-state index is -1.20. The standard InChI is InChI=1S/C14H22O6/c1-9(6-5-7-15)8-10(2)14-12(17-4)11(16)13(3,18-14)19-20-14/h5-7,9-12,16H,8H2,1-4H3/t9-,10-,11+,12-,13?,14?/m1/s1. The van der Waals surface area contributed by atoms with Crippen LogP contribution in [0.15, 0.2) is 12.2 Å². The number of allylic oxidation sites excluding steroid dienone is 2. The van der Waals surface area contributed by atoms with Crippen LogP contribution in [0.25, 0.3) is 0 Å². The van der Waals surface area contributed by atoms with Crippen LogP contribution < -0.4 is 0 Å². The first kappa shape index (κ1) is 15.6. The fourth-order valence-electron chi connectivity index (χ4n) is 3.00. The lowest BCUT2D eigenvalue weighted by Gasteiger charge is -2.36. The largest absolute Gasteiger partial charge is 0.384 e. The van der Waals surface area contributed by atoms with Crippen molar-refractivity contribution < 1.29 is 29.1 Å². The highest BCUT2D eigenvalue weighted by Crippen LogP contribution is 2.52. The Hall–Kier alpha value is -0.790. The molecule has 0 amide bonds. The highest BCUT2D eigenvalue weighted by Gasteiger charge is 2.71. The quantitative estimate of drug-likeness (QED) is 0.449. The van der Waals surface area contributed by atoms with Gasteiger partial charge in [-0.05, 0) is 25.3 Å².